The second kappa shape index (κ2) is 3.34. The molecule has 2 aliphatic rings. The van der Waals surface area contributed by atoms with Gasteiger partial charge in [-0.15, -0.1) is 0 Å². The summed E-state index contributed by atoms with van der Waals surface area (Å²) in [5.74, 6) is 2.04. The molecular weight excluding hydrogens is 192 g/mol. The Bertz CT molecular complexity index is 282. The van der Waals surface area contributed by atoms with Crippen LogP contribution in [0.2, 0.25) is 0 Å². The highest BCUT2D eigenvalue weighted by Gasteiger charge is 2.46. The number of allylic oxidation sites excluding steroid dienone is 1. The molecule has 1 fully saturated rings. The van der Waals surface area contributed by atoms with E-state index < -0.39 is 0 Å². The van der Waals surface area contributed by atoms with E-state index in [0.717, 1.165) is 17.6 Å². The van der Waals surface area contributed by atoms with Gasteiger partial charge in [0.25, 0.3) is 0 Å². The summed E-state index contributed by atoms with van der Waals surface area (Å²) in [7, 11) is 0. The van der Waals surface area contributed by atoms with Gasteiger partial charge in [0.1, 0.15) is 0 Å². The predicted octanol–water partition coefficient (Wildman–Crippen LogP) is 3.20. The van der Waals surface area contributed by atoms with Crippen LogP contribution in [0.15, 0.2) is 12.2 Å². The third-order valence-corrected chi connectivity index (χ3v) is 4.36. The second-order valence-corrected chi connectivity index (χ2v) is 5.45. The van der Waals surface area contributed by atoms with E-state index in [2.05, 4.69) is 32.9 Å². The standard InChI is InChI=1S/C12H18OS/c1-8(2)9-4-5-12(3)10(6-9)7-13-11(12)14/h4-5,8-10H,6-7H2,1-3H3/t9-,10-,12-/m0/s1. The molecule has 1 heterocycles. The van der Waals surface area contributed by atoms with Gasteiger partial charge >= 0.3 is 0 Å². The number of hydrogen-bond acceptors (Lipinski definition) is 2. The van der Waals surface area contributed by atoms with Crippen molar-refractivity contribution in [2.75, 3.05) is 6.61 Å². The van der Waals surface area contributed by atoms with Crippen LogP contribution in [-0.2, 0) is 4.74 Å². The van der Waals surface area contributed by atoms with Gasteiger partial charge in [0.15, 0.2) is 5.05 Å². The molecule has 0 aromatic heterocycles. The van der Waals surface area contributed by atoms with Crippen LogP contribution in [0.1, 0.15) is 27.2 Å². The van der Waals surface area contributed by atoms with Gasteiger partial charge in [-0.3, -0.25) is 0 Å². The maximum absolute atomic E-state index is 5.51. The smallest absolute Gasteiger partial charge is 0.169 e. The lowest BCUT2D eigenvalue weighted by Gasteiger charge is -2.33. The molecule has 0 aromatic carbocycles. The Kier molecular flexibility index (Phi) is 2.42. The van der Waals surface area contributed by atoms with Crippen molar-refractivity contribution < 1.29 is 4.74 Å². The molecule has 0 aromatic rings. The van der Waals surface area contributed by atoms with Crippen molar-refractivity contribution in [3.05, 3.63) is 12.2 Å². The molecule has 2 rings (SSSR count). The van der Waals surface area contributed by atoms with E-state index in [1.807, 2.05) is 0 Å². The maximum Gasteiger partial charge on any atom is 0.169 e. The zero-order valence-electron chi connectivity index (χ0n) is 9.12. The number of rotatable bonds is 1. The Balaban J connectivity index is 2.23. The minimum Gasteiger partial charge on any atom is -0.486 e. The normalized spacial score (nSPS) is 41.3. The largest absolute Gasteiger partial charge is 0.486 e. The van der Waals surface area contributed by atoms with Crippen molar-refractivity contribution in [2.45, 2.75) is 27.2 Å². The topological polar surface area (TPSA) is 9.23 Å². The minimum absolute atomic E-state index is 0.0424. The summed E-state index contributed by atoms with van der Waals surface area (Å²) in [6.45, 7) is 7.60. The molecule has 14 heavy (non-hydrogen) atoms. The molecule has 0 bridgehead atoms. The van der Waals surface area contributed by atoms with Crippen molar-refractivity contribution in [3.63, 3.8) is 0 Å². The van der Waals surface area contributed by atoms with Crippen LogP contribution in [0.25, 0.3) is 0 Å². The van der Waals surface area contributed by atoms with E-state index in [4.69, 9.17) is 17.0 Å². The first kappa shape index (κ1) is 10.2. The van der Waals surface area contributed by atoms with Gasteiger partial charge in [-0.05, 0) is 37.4 Å². The maximum atomic E-state index is 5.51. The second-order valence-electron chi connectivity index (χ2n) is 5.08. The SMILES string of the molecule is CC(C)[C@H]1C=C[C@]2(C)C(=S)OC[C@@H]2C1. The zero-order valence-corrected chi connectivity index (χ0v) is 9.93. The lowest BCUT2D eigenvalue weighted by molar-refractivity contribution is 0.226. The first-order valence-corrected chi connectivity index (χ1v) is 5.81. The van der Waals surface area contributed by atoms with Gasteiger partial charge in [-0.2, -0.15) is 0 Å². The molecule has 0 N–H and O–H groups in total. The summed E-state index contributed by atoms with van der Waals surface area (Å²) < 4.78 is 5.51. The van der Waals surface area contributed by atoms with Crippen LogP contribution in [0.3, 0.4) is 0 Å². The Hall–Kier alpha value is -0.370. The first-order valence-electron chi connectivity index (χ1n) is 5.40. The van der Waals surface area contributed by atoms with Crippen LogP contribution in [0.5, 0.6) is 0 Å². The average Bonchev–Trinajstić information content (AvgIpc) is 2.42. The van der Waals surface area contributed by atoms with Crippen LogP contribution < -0.4 is 0 Å². The molecule has 0 radical (unpaired) electrons. The lowest BCUT2D eigenvalue weighted by atomic mass is 9.69. The molecule has 0 spiro atoms. The van der Waals surface area contributed by atoms with Crippen LogP contribution >= 0.6 is 12.2 Å². The Morgan fingerprint density at radius 1 is 1.57 bits per heavy atom. The van der Waals surface area contributed by atoms with Gasteiger partial charge in [0.05, 0.1) is 12.0 Å². The third kappa shape index (κ3) is 1.40. The van der Waals surface area contributed by atoms with Crippen molar-refractivity contribution in [1.29, 1.82) is 0 Å². The molecule has 1 nitrogen and oxygen atoms in total. The highest BCUT2D eigenvalue weighted by molar-refractivity contribution is 7.80. The molecule has 1 aliphatic carbocycles. The summed E-state index contributed by atoms with van der Waals surface area (Å²) in [5.41, 5.74) is 0.0424. The summed E-state index contributed by atoms with van der Waals surface area (Å²) in [6, 6.07) is 0. The monoisotopic (exact) mass is 210 g/mol. The Labute approximate surface area is 91.5 Å². The van der Waals surface area contributed by atoms with Gasteiger partial charge in [-0.1, -0.05) is 26.0 Å². The zero-order chi connectivity index (χ0) is 10.3. The summed E-state index contributed by atoms with van der Waals surface area (Å²) in [6.07, 6.45) is 5.84. The fourth-order valence-electron chi connectivity index (χ4n) is 2.41. The summed E-state index contributed by atoms with van der Waals surface area (Å²) >= 11 is 5.26. The molecule has 2 heteroatoms. The molecule has 0 amide bonds. The van der Waals surface area contributed by atoms with Gasteiger partial charge in [0.2, 0.25) is 0 Å². The van der Waals surface area contributed by atoms with E-state index >= 15 is 0 Å². The summed E-state index contributed by atoms with van der Waals surface area (Å²) in [5, 5.41) is 0.793. The van der Waals surface area contributed by atoms with Crippen LogP contribution in [-0.4, -0.2) is 11.7 Å². The molecule has 0 unspecified atom stereocenters. The predicted molar refractivity (Wildman–Crippen MR) is 62.2 cm³/mol. The van der Waals surface area contributed by atoms with Crippen LogP contribution in [0.4, 0.5) is 0 Å². The molecule has 78 valence electrons. The van der Waals surface area contributed by atoms with Crippen molar-refractivity contribution in [1.82, 2.24) is 0 Å². The molecule has 1 aliphatic heterocycles. The number of hydrogen-bond donors (Lipinski definition) is 0. The van der Waals surface area contributed by atoms with Crippen LogP contribution in [0, 0.1) is 23.2 Å². The third-order valence-electron chi connectivity index (χ3n) is 3.81. The number of fused-ring (bicyclic) bond motifs is 1. The van der Waals surface area contributed by atoms with E-state index in [1.165, 1.54) is 6.42 Å². The molecule has 1 saturated heterocycles. The molecular formula is C12H18OS. The quantitative estimate of drug-likeness (QED) is 0.485. The van der Waals surface area contributed by atoms with Crippen molar-refractivity contribution in [2.24, 2.45) is 23.2 Å². The van der Waals surface area contributed by atoms with E-state index in [9.17, 15) is 0 Å². The van der Waals surface area contributed by atoms with Gasteiger partial charge in [-0.25, -0.2) is 0 Å². The fourth-order valence-corrected chi connectivity index (χ4v) is 2.72. The van der Waals surface area contributed by atoms with E-state index in [0.29, 0.717) is 11.8 Å². The Morgan fingerprint density at radius 3 is 2.93 bits per heavy atom. The van der Waals surface area contributed by atoms with Crippen molar-refractivity contribution >= 4 is 17.3 Å². The molecule has 0 saturated carbocycles. The first-order chi connectivity index (χ1) is 6.54. The minimum atomic E-state index is 0.0424. The number of ether oxygens (including phenoxy) is 1. The van der Waals surface area contributed by atoms with E-state index in [1.54, 1.807) is 0 Å². The van der Waals surface area contributed by atoms with Gasteiger partial charge < -0.3 is 4.74 Å². The Morgan fingerprint density at radius 2 is 2.29 bits per heavy atom. The number of thiocarbonyl (C=S) groups is 1. The lowest BCUT2D eigenvalue weighted by Crippen LogP contribution is -2.32. The van der Waals surface area contributed by atoms with E-state index in [-0.39, 0.29) is 5.41 Å². The highest BCUT2D eigenvalue weighted by Crippen LogP contribution is 2.46. The average molecular weight is 210 g/mol. The van der Waals surface area contributed by atoms with Gasteiger partial charge in [0, 0.05) is 5.92 Å². The molecule has 3 atom stereocenters. The van der Waals surface area contributed by atoms with Crippen molar-refractivity contribution in [3.8, 4) is 0 Å². The fraction of sp³-hybridized carbons (Fsp3) is 0.750. The summed E-state index contributed by atoms with van der Waals surface area (Å²) in [4.78, 5) is 0. The highest BCUT2D eigenvalue weighted by atomic mass is 32.1.